The number of nitro groups is 1. The number of thiocarbonyl (C=S) groups is 1. The normalized spacial score (nSPS) is 19.6. The zero-order valence-electron chi connectivity index (χ0n) is 16.9. The van der Waals surface area contributed by atoms with Crippen LogP contribution in [-0.2, 0) is 10.3 Å². The van der Waals surface area contributed by atoms with Gasteiger partial charge in [0.05, 0.1) is 4.92 Å². The molecule has 0 spiro atoms. The molecule has 1 heterocycles. The van der Waals surface area contributed by atoms with Crippen LogP contribution in [0.5, 0.6) is 0 Å². The van der Waals surface area contributed by atoms with E-state index in [1.54, 1.807) is 6.92 Å². The SMILES string of the molecule is CCCC[C@@H](CC)CNC(=S)NN1C(=O)N[C@@](C)(c2ccc([N+](=O)[O-])cc2)C1=O. The van der Waals surface area contributed by atoms with Crippen LogP contribution in [0.2, 0.25) is 0 Å². The van der Waals surface area contributed by atoms with E-state index in [9.17, 15) is 19.7 Å². The van der Waals surface area contributed by atoms with E-state index in [4.69, 9.17) is 12.2 Å². The first-order valence-electron chi connectivity index (χ1n) is 9.69. The fraction of sp³-hybridized carbons (Fsp3) is 0.526. The predicted octanol–water partition coefficient (Wildman–Crippen LogP) is 2.96. The van der Waals surface area contributed by atoms with Crippen LogP contribution in [-0.4, -0.2) is 33.5 Å². The van der Waals surface area contributed by atoms with Crippen molar-refractivity contribution in [3.8, 4) is 0 Å². The Hall–Kier alpha value is -2.75. The van der Waals surface area contributed by atoms with Crippen LogP contribution in [0, 0.1) is 16.0 Å². The van der Waals surface area contributed by atoms with Crippen LogP contribution in [0.25, 0.3) is 0 Å². The Morgan fingerprint density at radius 3 is 2.52 bits per heavy atom. The van der Waals surface area contributed by atoms with Crippen molar-refractivity contribution < 1.29 is 14.5 Å². The molecule has 1 aliphatic rings. The molecule has 0 radical (unpaired) electrons. The van der Waals surface area contributed by atoms with Crippen LogP contribution in [0.1, 0.15) is 52.0 Å². The molecule has 29 heavy (non-hydrogen) atoms. The maximum absolute atomic E-state index is 12.9. The molecule has 0 aromatic heterocycles. The lowest BCUT2D eigenvalue weighted by Crippen LogP contribution is -2.51. The summed E-state index contributed by atoms with van der Waals surface area (Å²) in [4.78, 5) is 35.5. The van der Waals surface area contributed by atoms with E-state index in [1.807, 2.05) is 0 Å². The van der Waals surface area contributed by atoms with Gasteiger partial charge in [-0.15, -0.1) is 0 Å². The van der Waals surface area contributed by atoms with Gasteiger partial charge in [0.2, 0.25) is 0 Å². The maximum Gasteiger partial charge on any atom is 0.344 e. The minimum Gasteiger partial charge on any atom is -0.361 e. The fourth-order valence-electron chi connectivity index (χ4n) is 3.17. The molecule has 3 amide bonds. The van der Waals surface area contributed by atoms with E-state index in [0.29, 0.717) is 18.0 Å². The molecule has 2 rings (SSSR count). The minimum absolute atomic E-state index is 0.0944. The van der Waals surface area contributed by atoms with E-state index in [-0.39, 0.29) is 10.8 Å². The molecule has 1 fully saturated rings. The molecule has 158 valence electrons. The maximum atomic E-state index is 12.9. The molecule has 0 aliphatic carbocycles. The van der Waals surface area contributed by atoms with Gasteiger partial charge in [0.1, 0.15) is 5.54 Å². The van der Waals surface area contributed by atoms with Gasteiger partial charge in [-0.05, 0) is 49.2 Å². The monoisotopic (exact) mass is 421 g/mol. The number of nitrogens with zero attached hydrogens (tertiary/aromatic N) is 2. The number of rotatable bonds is 9. The minimum atomic E-state index is -1.35. The molecule has 9 nitrogen and oxygen atoms in total. The highest BCUT2D eigenvalue weighted by molar-refractivity contribution is 7.80. The van der Waals surface area contributed by atoms with Crippen molar-refractivity contribution in [1.29, 1.82) is 0 Å². The largest absolute Gasteiger partial charge is 0.361 e. The zero-order chi connectivity index (χ0) is 21.6. The third-order valence-electron chi connectivity index (χ3n) is 5.15. The lowest BCUT2D eigenvalue weighted by atomic mass is 9.92. The summed E-state index contributed by atoms with van der Waals surface area (Å²) >= 11 is 5.24. The third-order valence-corrected chi connectivity index (χ3v) is 5.39. The number of amides is 3. The second-order valence-corrected chi connectivity index (χ2v) is 7.65. The van der Waals surface area contributed by atoms with Gasteiger partial charge in [-0.1, -0.05) is 33.1 Å². The van der Waals surface area contributed by atoms with Gasteiger partial charge in [0, 0.05) is 18.7 Å². The Labute approximate surface area is 175 Å². The highest BCUT2D eigenvalue weighted by Gasteiger charge is 2.49. The second-order valence-electron chi connectivity index (χ2n) is 7.24. The van der Waals surface area contributed by atoms with Gasteiger partial charge in [-0.25, -0.2) is 4.79 Å². The molecule has 0 saturated carbocycles. The number of hydrogen-bond donors (Lipinski definition) is 3. The number of nitro benzene ring substituents is 1. The van der Waals surface area contributed by atoms with Crippen LogP contribution < -0.4 is 16.1 Å². The second kappa shape index (κ2) is 9.64. The number of non-ortho nitro benzene ring substituents is 1. The molecule has 3 N–H and O–H groups in total. The standard InChI is InChI=1S/C19H27N5O4S/c1-4-6-7-13(5-2)12-20-17(29)22-23-16(25)19(3,21-18(23)26)14-8-10-15(11-9-14)24(27)28/h8-11,13H,4-7,12H2,1-3H3,(H,21,26)(H2,20,22,29)/t13-,19+/m1/s1. The van der Waals surface area contributed by atoms with E-state index < -0.39 is 22.4 Å². The summed E-state index contributed by atoms with van der Waals surface area (Å²) in [7, 11) is 0. The summed E-state index contributed by atoms with van der Waals surface area (Å²) in [6.45, 7) is 6.47. The van der Waals surface area contributed by atoms with Crippen LogP contribution in [0.4, 0.5) is 10.5 Å². The highest BCUT2D eigenvalue weighted by Crippen LogP contribution is 2.29. The van der Waals surface area contributed by atoms with Crippen molar-refractivity contribution in [2.75, 3.05) is 6.54 Å². The van der Waals surface area contributed by atoms with Gasteiger partial charge in [0.25, 0.3) is 11.6 Å². The van der Waals surface area contributed by atoms with E-state index in [2.05, 4.69) is 29.9 Å². The van der Waals surface area contributed by atoms with Gasteiger partial charge in [0.15, 0.2) is 5.11 Å². The van der Waals surface area contributed by atoms with Gasteiger partial charge in [-0.2, -0.15) is 5.01 Å². The fourth-order valence-corrected chi connectivity index (χ4v) is 3.35. The summed E-state index contributed by atoms with van der Waals surface area (Å²) in [6, 6.07) is 4.86. The van der Waals surface area contributed by atoms with Gasteiger partial charge < -0.3 is 10.6 Å². The molecule has 0 unspecified atom stereocenters. The number of imide groups is 1. The summed E-state index contributed by atoms with van der Waals surface area (Å²) in [5.41, 5.74) is 1.65. The topological polar surface area (TPSA) is 117 Å². The Morgan fingerprint density at radius 2 is 1.97 bits per heavy atom. The quantitative estimate of drug-likeness (QED) is 0.243. The number of unbranched alkanes of at least 4 members (excludes halogenated alkanes) is 1. The Bertz CT molecular complexity index is 785. The summed E-state index contributed by atoms with van der Waals surface area (Å²) < 4.78 is 0. The molecule has 1 saturated heterocycles. The molecule has 1 aromatic carbocycles. The number of urea groups is 1. The molecular weight excluding hydrogens is 394 g/mol. The van der Waals surface area contributed by atoms with E-state index >= 15 is 0 Å². The van der Waals surface area contributed by atoms with Crippen LogP contribution in [0.15, 0.2) is 24.3 Å². The first kappa shape index (κ1) is 22.5. The van der Waals surface area contributed by atoms with Crippen molar-refractivity contribution in [2.45, 2.75) is 52.0 Å². The number of nitrogens with one attached hydrogen (secondary N) is 3. The third kappa shape index (κ3) is 5.20. The highest BCUT2D eigenvalue weighted by atomic mass is 32.1. The van der Waals surface area contributed by atoms with E-state index in [1.165, 1.54) is 24.3 Å². The Kier molecular flexibility index (Phi) is 7.49. The molecule has 1 aliphatic heterocycles. The number of carbonyl (C=O) groups is 2. The molecule has 0 bridgehead atoms. The van der Waals surface area contributed by atoms with Crippen molar-refractivity contribution in [3.05, 3.63) is 39.9 Å². The van der Waals surface area contributed by atoms with Crippen molar-refractivity contribution in [1.82, 2.24) is 21.1 Å². The number of hydrazine groups is 1. The smallest absolute Gasteiger partial charge is 0.344 e. The summed E-state index contributed by atoms with van der Waals surface area (Å²) in [6.07, 6.45) is 4.37. The predicted molar refractivity (Wildman–Crippen MR) is 113 cm³/mol. The average Bonchev–Trinajstić information content (AvgIpc) is 2.92. The van der Waals surface area contributed by atoms with Crippen LogP contribution >= 0.6 is 12.2 Å². The summed E-state index contributed by atoms with van der Waals surface area (Å²) in [5, 5.41) is 17.5. The Balaban J connectivity index is 2.02. The van der Waals surface area contributed by atoms with Gasteiger partial charge >= 0.3 is 6.03 Å². The van der Waals surface area contributed by atoms with Gasteiger partial charge in [-0.3, -0.25) is 20.3 Å². The van der Waals surface area contributed by atoms with Crippen molar-refractivity contribution >= 4 is 35.0 Å². The number of carbonyl (C=O) groups excluding carboxylic acids is 2. The summed E-state index contributed by atoms with van der Waals surface area (Å²) in [5.74, 6) is -0.0818. The molecular formula is C19H27N5O4S. The van der Waals surface area contributed by atoms with Crippen molar-refractivity contribution in [2.24, 2.45) is 5.92 Å². The first-order chi connectivity index (χ1) is 13.7. The lowest BCUT2D eigenvalue weighted by molar-refractivity contribution is -0.384. The lowest BCUT2D eigenvalue weighted by Gasteiger charge is -2.23. The number of hydrogen-bond acceptors (Lipinski definition) is 5. The average molecular weight is 422 g/mol. The zero-order valence-corrected chi connectivity index (χ0v) is 17.7. The van der Waals surface area contributed by atoms with Crippen LogP contribution in [0.3, 0.4) is 0 Å². The molecule has 1 aromatic rings. The molecule has 10 heteroatoms. The first-order valence-corrected chi connectivity index (χ1v) is 10.1. The van der Waals surface area contributed by atoms with E-state index in [0.717, 1.165) is 30.7 Å². The Morgan fingerprint density at radius 1 is 1.31 bits per heavy atom. The molecule has 2 atom stereocenters. The van der Waals surface area contributed by atoms with Crippen molar-refractivity contribution in [3.63, 3.8) is 0 Å². The number of benzene rings is 1.